The summed E-state index contributed by atoms with van der Waals surface area (Å²) in [4.78, 5) is 37.9. The van der Waals surface area contributed by atoms with Gasteiger partial charge < -0.3 is 14.2 Å². The first-order valence-corrected chi connectivity index (χ1v) is 26.9. The molecule has 0 aliphatic rings. The molecule has 6 heteroatoms. The standard InChI is InChI=1S/C54H104O6/c1-5-8-10-12-14-16-18-20-22-23-24-25-27-29-31-33-38-42-46-53(56)59-49-51(60-54(57)47-43-39-35-34-36-40-44-50(4)7-3)48-58-52(55)45-41-37-32-30-28-26-21-19-17-15-13-11-9-6-2/h50-51H,5-49H2,1-4H3/t50?,51-/m1/s1. The Morgan fingerprint density at radius 1 is 0.333 bits per heavy atom. The minimum atomic E-state index is -0.761. The summed E-state index contributed by atoms with van der Waals surface area (Å²) in [5, 5.41) is 0. The van der Waals surface area contributed by atoms with Crippen LogP contribution in [0.25, 0.3) is 0 Å². The van der Waals surface area contributed by atoms with Crippen LogP contribution < -0.4 is 0 Å². The molecule has 0 aromatic heterocycles. The van der Waals surface area contributed by atoms with Gasteiger partial charge in [0, 0.05) is 19.3 Å². The Morgan fingerprint density at radius 3 is 0.867 bits per heavy atom. The fourth-order valence-corrected chi connectivity index (χ4v) is 8.19. The molecule has 356 valence electrons. The van der Waals surface area contributed by atoms with Crippen LogP contribution in [0.4, 0.5) is 0 Å². The van der Waals surface area contributed by atoms with E-state index in [-0.39, 0.29) is 31.1 Å². The minimum Gasteiger partial charge on any atom is -0.462 e. The number of esters is 3. The van der Waals surface area contributed by atoms with E-state index in [1.165, 1.54) is 199 Å². The fraction of sp³-hybridized carbons (Fsp3) is 0.944. The number of carbonyl (C=O) groups is 3. The molecule has 0 aromatic rings. The molecule has 1 unspecified atom stereocenters. The predicted molar refractivity (Wildman–Crippen MR) is 257 cm³/mol. The molecule has 60 heavy (non-hydrogen) atoms. The highest BCUT2D eigenvalue weighted by Crippen LogP contribution is 2.18. The van der Waals surface area contributed by atoms with Gasteiger partial charge in [-0.25, -0.2) is 0 Å². The van der Waals surface area contributed by atoms with E-state index in [1.54, 1.807) is 0 Å². The number of carbonyl (C=O) groups excluding carboxylic acids is 3. The lowest BCUT2D eigenvalue weighted by atomic mass is 10.00. The van der Waals surface area contributed by atoms with Crippen LogP contribution in [0.5, 0.6) is 0 Å². The van der Waals surface area contributed by atoms with E-state index in [0.717, 1.165) is 63.7 Å². The quantitative estimate of drug-likeness (QED) is 0.0345. The fourth-order valence-electron chi connectivity index (χ4n) is 8.19. The van der Waals surface area contributed by atoms with Crippen LogP contribution in [-0.4, -0.2) is 37.2 Å². The zero-order valence-corrected chi connectivity index (χ0v) is 40.9. The summed E-state index contributed by atoms with van der Waals surface area (Å²) in [6, 6.07) is 0. The molecule has 0 spiro atoms. The summed E-state index contributed by atoms with van der Waals surface area (Å²) in [5.41, 5.74) is 0. The molecule has 0 aliphatic heterocycles. The Labute approximate surface area is 374 Å². The highest BCUT2D eigenvalue weighted by Gasteiger charge is 2.19. The molecule has 0 rings (SSSR count). The molecule has 0 fully saturated rings. The first-order valence-electron chi connectivity index (χ1n) is 26.9. The second-order valence-corrected chi connectivity index (χ2v) is 18.8. The third-order valence-electron chi connectivity index (χ3n) is 12.7. The van der Waals surface area contributed by atoms with Gasteiger partial charge in [0.15, 0.2) is 6.10 Å². The molecule has 6 nitrogen and oxygen atoms in total. The molecule has 0 aromatic carbocycles. The van der Waals surface area contributed by atoms with Gasteiger partial charge in [0.2, 0.25) is 0 Å². The predicted octanol–water partition coefficient (Wildman–Crippen LogP) is 17.5. The number of hydrogen-bond donors (Lipinski definition) is 0. The number of ether oxygens (including phenoxy) is 3. The van der Waals surface area contributed by atoms with E-state index in [4.69, 9.17) is 14.2 Å². The van der Waals surface area contributed by atoms with Gasteiger partial charge in [-0.3, -0.25) is 14.4 Å². The molecule has 0 amide bonds. The van der Waals surface area contributed by atoms with Crippen LogP contribution in [0.15, 0.2) is 0 Å². The normalized spacial score (nSPS) is 12.4. The number of rotatable bonds is 49. The highest BCUT2D eigenvalue weighted by molar-refractivity contribution is 5.71. The van der Waals surface area contributed by atoms with Crippen LogP contribution in [-0.2, 0) is 28.6 Å². The van der Waals surface area contributed by atoms with E-state index in [9.17, 15) is 14.4 Å². The van der Waals surface area contributed by atoms with Crippen molar-refractivity contribution in [1.82, 2.24) is 0 Å². The lowest BCUT2D eigenvalue weighted by Gasteiger charge is -2.18. The summed E-state index contributed by atoms with van der Waals surface area (Å²) in [5.74, 6) is -0.0359. The molecule has 0 aliphatic carbocycles. The maximum Gasteiger partial charge on any atom is 0.306 e. The van der Waals surface area contributed by atoms with E-state index >= 15 is 0 Å². The maximum absolute atomic E-state index is 12.8. The number of hydrogen-bond acceptors (Lipinski definition) is 6. The monoisotopic (exact) mass is 849 g/mol. The van der Waals surface area contributed by atoms with Crippen LogP contribution in [0.3, 0.4) is 0 Å². The van der Waals surface area contributed by atoms with E-state index in [0.29, 0.717) is 19.3 Å². The van der Waals surface area contributed by atoms with Crippen molar-refractivity contribution in [2.75, 3.05) is 13.2 Å². The first-order chi connectivity index (χ1) is 29.4. The van der Waals surface area contributed by atoms with Gasteiger partial charge in [-0.15, -0.1) is 0 Å². The first kappa shape index (κ1) is 58.4. The summed E-state index contributed by atoms with van der Waals surface area (Å²) >= 11 is 0. The zero-order valence-electron chi connectivity index (χ0n) is 40.9. The van der Waals surface area contributed by atoms with Gasteiger partial charge in [-0.2, -0.15) is 0 Å². The van der Waals surface area contributed by atoms with Crippen molar-refractivity contribution in [3.8, 4) is 0 Å². The largest absolute Gasteiger partial charge is 0.462 e. The molecular formula is C54H104O6. The van der Waals surface area contributed by atoms with Crippen molar-refractivity contribution >= 4 is 17.9 Å². The molecular weight excluding hydrogens is 745 g/mol. The molecule has 0 saturated carbocycles. The minimum absolute atomic E-state index is 0.0636. The van der Waals surface area contributed by atoms with Crippen LogP contribution >= 0.6 is 0 Å². The van der Waals surface area contributed by atoms with Gasteiger partial charge in [-0.1, -0.05) is 265 Å². The smallest absolute Gasteiger partial charge is 0.306 e. The Hall–Kier alpha value is -1.59. The maximum atomic E-state index is 12.8. The van der Waals surface area contributed by atoms with Crippen molar-refractivity contribution < 1.29 is 28.6 Å². The molecule has 2 atom stereocenters. The lowest BCUT2D eigenvalue weighted by molar-refractivity contribution is -0.167. The summed E-state index contributed by atoms with van der Waals surface area (Å²) in [6.07, 6.45) is 50.9. The van der Waals surface area contributed by atoms with Crippen molar-refractivity contribution in [3.63, 3.8) is 0 Å². The van der Waals surface area contributed by atoms with E-state index in [1.807, 2.05) is 0 Å². The molecule has 0 N–H and O–H groups in total. The zero-order chi connectivity index (χ0) is 43.8. The third-order valence-corrected chi connectivity index (χ3v) is 12.7. The summed E-state index contributed by atoms with van der Waals surface area (Å²) in [6.45, 7) is 9.01. The lowest BCUT2D eigenvalue weighted by Crippen LogP contribution is -2.30. The van der Waals surface area contributed by atoms with Gasteiger partial charge in [-0.05, 0) is 25.2 Å². The number of unbranched alkanes of at least 4 members (excludes halogenated alkanes) is 35. The topological polar surface area (TPSA) is 78.9 Å². The summed E-state index contributed by atoms with van der Waals surface area (Å²) in [7, 11) is 0. The van der Waals surface area contributed by atoms with Crippen molar-refractivity contribution in [3.05, 3.63) is 0 Å². The van der Waals surface area contributed by atoms with Crippen molar-refractivity contribution in [1.29, 1.82) is 0 Å². The third kappa shape index (κ3) is 45.9. The van der Waals surface area contributed by atoms with Gasteiger partial charge in [0.1, 0.15) is 13.2 Å². The van der Waals surface area contributed by atoms with Gasteiger partial charge in [0.25, 0.3) is 0 Å². The van der Waals surface area contributed by atoms with E-state index in [2.05, 4.69) is 27.7 Å². The Morgan fingerprint density at radius 2 is 0.583 bits per heavy atom. The van der Waals surface area contributed by atoms with Crippen LogP contribution in [0.1, 0.15) is 304 Å². The molecule has 0 heterocycles. The van der Waals surface area contributed by atoms with Crippen LogP contribution in [0, 0.1) is 5.92 Å². The van der Waals surface area contributed by atoms with Crippen LogP contribution in [0.2, 0.25) is 0 Å². The molecule has 0 saturated heterocycles. The van der Waals surface area contributed by atoms with E-state index < -0.39 is 6.10 Å². The van der Waals surface area contributed by atoms with Crippen molar-refractivity contribution in [2.45, 2.75) is 310 Å². The Bertz CT molecular complexity index is 905. The molecule has 0 radical (unpaired) electrons. The van der Waals surface area contributed by atoms with Gasteiger partial charge in [0.05, 0.1) is 0 Å². The average Bonchev–Trinajstić information content (AvgIpc) is 3.25. The van der Waals surface area contributed by atoms with Crippen molar-refractivity contribution in [2.24, 2.45) is 5.92 Å². The molecule has 0 bridgehead atoms. The summed E-state index contributed by atoms with van der Waals surface area (Å²) < 4.78 is 16.8. The second-order valence-electron chi connectivity index (χ2n) is 18.8. The van der Waals surface area contributed by atoms with Gasteiger partial charge >= 0.3 is 17.9 Å². The second kappa shape index (κ2) is 48.4. The Kier molecular flexibility index (Phi) is 47.2. The SMILES string of the molecule is CCCCCCCCCCCCCCCCCCCCC(=O)OC[C@@H](COC(=O)CCCCCCCCCCCCCCCC)OC(=O)CCCCCCCCC(C)CC. The highest BCUT2D eigenvalue weighted by atomic mass is 16.6. The average molecular weight is 849 g/mol. The Balaban J connectivity index is 4.24.